The van der Waals surface area contributed by atoms with Gasteiger partial charge < -0.3 is 14.2 Å². The predicted molar refractivity (Wildman–Crippen MR) is 130 cm³/mol. The van der Waals surface area contributed by atoms with Crippen molar-refractivity contribution in [1.29, 1.82) is 0 Å². The van der Waals surface area contributed by atoms with Gasteiger partial charge in [0, 0.05) is 25.4 Å². The zero-order valence-corrected chi connectivity index (χ0v) is 22.1. The molecule has 16 heteroatoms. The Morgan fingerprint density at radius 1 is 1.08 bits per heavy atom. The predicted octanol–water partition coefficient (Wildman–Crippen LogP) is 2.64. The first kappa shape index (κ1) is 26.9. The highest BCUT2D eigenvalue weighted by Gasteiger charge is 2.37. The Labute approximate surface area is 217 Å². The molecule has 1 saturated carbocycles. The van der Waals surface area contributed by atoms with Crippen molar-refractivity contribution in [3.63, 3.8) is 0 Å². The van der Waals surface area contributed by atoms with Crippen LogP contribution >= 0.6 is 11.6 Å². The van der Waals surface area contributed by atoms with Crippen molar-refractivity contribution in [1.82, 2.24) is 34.7 Å². The van der Waals surface area contributed by atoms with Crippen LogP contribution in [0.4, 0.5) is 10.3 Å². The van der Waals surface area contributed by atoms with Crippen molar-refractivity contribution in [2.75, 3.05) is 26.1 Å². The van der Waals surface area contributed by atoms with Gasteiger partial charge in [0.2, 0.25) is 27.7 Å². The standard InChI is InChI=1S/C21H26ClFN8O5S/c1-11(16(34-2)17-24-8-13(22)9-25-17)37(32,33)30-21-29-28-18(12-5-6-14(23)7-12)31(21)15-19(35-3)26-10-27-20(15)36-4/h8-12,14,16H,5-7H2,1-4H3,(H,29,30)/t11-,12+,14-,16-/m0/s1. The number of hydrogen-bond donors (Lipinski definition) is 1. The normalized spacial score (nSPS) is 19.4. The van der Waals surface area contributed by atoms with E-state index >= 15 is 0 Å². The number of methoxy groups -OCH3 is 3. The van der Waals surface area contributed by atoms with E-state index in [1.807, 2.05) is 0 Å². The summed E-state index contributed by atoms with van der Waals surface area (Å²) >= 11 is 5.86. The highest BCUT2D eigenvalue weighted by Crippen LogP contribution is 2.40. The quantitative estimate of drug-likeness (QED) is 0.391. The first-order chi connectivity index (χ1) is 17.7. The summed E-state index contributed by atoms with van der Waals surface area (Å²) in [6.45, 7) is 1.44. The van der Waals surface area contributed by atoms with E-state index in [0.29, 0.717) is 23.7 Å². The average molecular weight is 557 g/mol. The lowest BCUT2D eigenvalue weighted by Crippen LogP contribution is -2.33. The number of aromatic nitrogens is 7. The maximum Gasteiger partial charge on any atom is 0.245 e. The van der Waals surface area contributed by atoms with E-state index in [1.54, 1.807) is 0 Å². The van der Waals surface area contributed by atoms with Gasteiger partial charge in [-0.2, -0.15) is 9.97 Å². The van der Waals surface area contributed by atoms with Crippen molar-refractivity contribution < 1.29 is 27.0 Å². The molecule has 0 unspecified atom stereocenters. The van der Waals surface area contributed by atoms with E-state index in [0.717, 1.165) is 0 Å². The van der Waals surface area contributed by atoms with Gasteiger partial charge in [-0.05, 0) is 26.2 Å². The van der Waals surface area contributed by atoms with Crippen LogP contribution in [-0.2, 0) is 14.8 Å². The molecule has 1 aliphatic rings. The minimum atomic E-state index is -4.18. The van der Waals surface area contributed by atoms with Gasteiger partial charge in [0.25, 0.3) is 0 Å². The van der Waals surface area contributed by atoms with Crippen molar-refractivity contribution in [2.45, 2.75) is 49.6 Å². The Balaban J connectivity index is 1.78. The molecule has 13 nitrogen and oxygen atoms in total. The van der Waals surface area contributed by atoms with Gasteiger partial charge in [0.15, 0.2) is 11.5 Å². The van der Waals surface area contributed by atoms with Crippen LogP contribution in [0.1, 0.15) is 49.9 Å². The van der Waals surface area contributed by atoms with Gasteiger partial charge in [-0.15, -0.1) is 10.2 Å². The summed E-state index contributed by atoms with van der Waals surface area (Å²) in [5.74, 6) is 0.110. The monoisotopic (exact) mass is 556 g/mol. The van der Waals surface area contributed by atoms with E-state index in [4.69, 9.17) is 25.8 Å². The van der Waals surface area contributed by atoms with Crippen LogP contribution in [-0.4, -0.2) is 75.9 Å². The molecule has 3 aromatic heterocycles. The summed E-state index contributed by atoms with van der Waals surface area (Å²) in [5.41, 5.74) is 0.171. The summed E-state index contributed by atoms with van der Waals surface area (Å²) in [4.78, 5) is 16.4. The number of nitrogens with zero attached hydrogens (tertiary/aromatic N) is 7. The Hall–Kier alpha value is -3.17. The van der Waals surface area contributed by atoms with Gasteiger partial charge in [-0.25, -0.2) is 22.8 Å². The molecule has 4 rings (SSSR count). The second-order valence-electron chi connectivity index (χ2n) is 8.33. The van der Waals surface area contributed by atoms with Crippen LogP contribution in [0.3, 0.4) is 0 Å². The maximum absolute atomic E-state index is 14.1. The van der Waals surface area contributed by atoms with Crippen molar-refractivity contribution in [2.24, 2.45) is 0 Å². The molecule has 1 aliphatic carbocycles. The summed E-state index contributed by atoms with van der Waals surface area (Å²) in [5, 5.41) is 7.43. The van der Waals surface area contributed by atoms with Gasteiger partial charge in [0.05, 0.1) is 19.2 Å². The highest BCUT2D eigenvalue weighted by atomic mass is 35.5. The second-order valence-corrected chi connectivity index (χ2v) is 10.8. The molecule has 0 bridgehead atoms. The molecule has 0 aliphatic heterocycles. The molecular formula is C21H26ClFN8O5S. The zero-order chi connectivity index (χ0) is 26.7. The molecule has 0 spiro atoms. The molecule has 37 heavy (non-hydrogen) atoms. The molecule has 1 N–H and O–H groups in total. The van der Waals surface area contributed by atoms with E-state index in [1.165, 1.54) is 51.5 Å². The molecule has 3 aromatic rings. The molecule has 0 radical (unpaired) electrons. The van der Waals surface area contributed by atoms with Crippen LogP contribution < -0.4 is 14.2 Å². The number of ether oxygens (including phenoxy) is 3. The highest BCUT2D eigenvalue weighted by molar-refractivity contribution is 7.93. The van der Waals surface area contributed by atoms with E-state index < -0.39 is 27.5 Å². The molecule has 3 heterocycles. The lowest BCUT2D eigenvalue weighted by molar-refractivity contribution is 0.0950. The molecule has 1 fully saturated rings. The van der Waals surface area contributed by atoms with Gasteiger partial charge >= 0.3 is 0 Å². The fraction of sp³-hybridized carbons (Fsp3) is 0.524. The number of sulfonamides is 1. The largest absolute Gasteiger partial charge is 0.479 e. The van der Waals surface area contributed by atoms with Crippen LogP contribution in [0.5, 0.6) is 11.8 Å². The molecule has 0 amide bonds. The fourth-order valence-corrected chi connectivity index (χ4v) is 5.43. The summed E-state index contributed by atoms with van der Waals surface area (Å²) in [7, 11) is -0.0493. The minimum Gasteiger partial charge on any atom is -0.479 e. The number of alkyl halides is 1. The minimum absolute atomic E-state index is 0.0838. The smallest absolute Gasteiger partial charge is 0.245 e. The molecule has 200 valence electrons. The third-order valence-electron chi connectivity index (χ3n) is 6.09. The number of anilines is 1. The number of hydrogen-bond acceptors (Lipinski definition) is 11. The third kappa shape index (κ3) is 5.43. The lowest BCUT2D eigenvalue weighted by atomic mass is 10.1. The first-order valence-electron chi connectivity index (χ1n) is 11.2. The van der Waals surface area contributed by atoms with Crippen molar-refractivity contribution in [3.8, 4) is 17.4 Å². The van der Waals surface area contributed by atoms with Crippen molar-refractivity contribution >= 4 is 27.6 Å². The van der Waals surface area contributed by atoms with Crippen LogP contribution in [0, 0.1) is 0 Å². The van der Waals surface area contributed by atoms with Crippen LogP contribution in [0.25, 0.3) is 5.69 Å². The Morgan fingerprint density at radius 3 is 2.27 bits per heavy atom. The van der Waals surface area contributed by atoms with Crippen molar-refractivity contribution in [3.05, 3.63) is 35.4 Å². The van der Waals surface area contributed by atoms with Crippen LogP contribution in [0.2, 0.25) is 5.02 Å². The summed E-state index contributed by atoms with van der Waals surface area (Å²) < 4.78 is 61.2. The molecule has 0 aromatic carbocycles. The van der Waals surface area contributed by atoms with E-state index in [-0.39, 0.29) is 41.6 Å². The average Bonchev–Trinajstić information content (AvgIpc) is 3.50. The second kappa shape index (κ2) is 11.1. The van der Waals surface area contributed by atoms with Gasteiger partial charge in [-0.1, -0.05) is 11.6 Å². The Kier molecular flexibility index (Phi) is 8.04. The Morgan fingerprint density at radius 2 is 1.73 bits per heavy atom. The van der Waals surface area contributed by atoms with Gasteiger partial charge in [-0.3, -0.25) is 9.29 Å². The lowest BCUT2D eigenvalue weighted by Gasteiger charge is -2.23. The van der Waals surface area contributed by atoms with Gasteiger partial charge in [0.1, 0.15) is 29.7 Å². The first-order valence-corrected chi connectivity index (χ1v) is 13.2. The topological polar surface area (TPSA) is 156 Å². The SMILES string of the molecule is COc1ncnc(OC)c1-n1c(NS(=O)(=O)[C@@H](C)[C@H](OC)c2ncc(Cl)cn2)nnc1[C@@H]1CC[C@H](F)C1. The van der Waals surface area contributed by atoms with E-state index in [9.17, 15) is 12.8 Å². The number of nitrogens with one attached hydrogen (secondary N) is 1. The number of rotatable bonds is 10. The van der Waals surface area contributed by atoms with E-state index in [2.05, 4.69) is 34.9 Å². The maximum atomic E-state index is 14.1. The zero-order valence-electron chi connectivity index (χ0n) is 20.5. The molecule has 4 atom stereocenters. The Bertz CT molecular complexity index is 1320. The summed E-state index contributed by atoms with van der Waals surface area (Å²) in [6.07, 6.45) is 2.95. The fourth-order valence-electron chi connectivity index (χ4n) is 4.20. The van der Waals surface area contributed by atoms with Crippen LogP contribution in [0.15, 0.2) is 18.7 Å². The third-order valence-corrected chi connectivity index (χ3v) is 7.97. The molecule has 0 saturated heterocycles. The number of halogens is 2. The summed E-state index contributed by atoms with van der Waals surface area (Å²) in [6, 6.07) is 0. The molecular weight excluding hydrogens is 531 g/mol.